The number of carbonyl (C=O) groups is 2. The minimum Gasteiger partial charge on any atom is -0.364 e. The Labute approximate surface area is 231 Å². The zero-order valence-electron chi connectivity index (χ0n) is 20.1. The molecule has 10 nitrogen and oxygen atoms in total. The summed E-state index contributed by atoms with van der Waals surface area (Å²) in [6.07, 6.45) is 1.65. The molecular formula is C24H17ClF4N8O2S. The molecule has 4 aromatic rings. The van der Waals surface area contributed by atoms with Gasteiger partial charge in [-0.2, -0.15) is 13.2 Å². The monoisotopic (exact) mass is 592 g/mol. The highest BCUT2D eigenvalue weighted by molar-refractivity contribution is 7.16. The van der Waals surface area contributed by atoms with Crippen LogP contribution in [0.1, 0.15) is 52.2 Å². The molecule has 0 bridgehead atoms. The molecule has 3 aromatic heterocycles. The molecule has 0 aliphatic carbocycles. The number of thiazole rings is 1. The van der Waals surface area contributed by atoms with Gasteiger partial charge in [0.15, 0.2) is 16.5 Å². The zero-order valence-corrected chi connectivity index (χ0v) is 21.7. The number of primary amides is 1. The molecule has 5 heterocycles. The summed E-state index contributed by atoms with van der Waals surface area (Å²) in [5.41, 5.74) is 4.80. The Hall–Kier alpha value is -4.11. The number of aromatic amines is 1. The number of imidazole rings is 1. The number of carbonyl (C=O) groups excluding carboxylic acids is 2. The van der Waals surface area contributed by atoms with E-state index in [-0.39, 0.29) is 45.4 Å². The number of nitrogens with one attached hydrogen (secondary N) is 1. The van der Waals surface area contributed by atoms with E-state index < -0.39 is 29.5 Å². The fourth-order valence-corrected chi connectivity index (χ4v) is 5.98. The van der Waals surface area contributed by atoms with Crippen LogP contribution in [0.2, 0.25) is 5.02 Å². The van der Waals surface area contributed by atoms with Crippen LogP contribution in [0.5, 0.6) is 0 Å². The maximum absolute atomic E-state index is 15.4. The molecule has 40 heavy (non-hydrogen) atoms. The quantitative estimate of drug-likeness (QED) is 0.327. The molecule has 1 fully saturated rings. The van der Waals surface area contributed by atoms with E-state index in [2.05, 4.69) is 25.3 Å². The van der Waals surface area contributed by atoms with Crippen molar-refractivity contribution in [3.8, 4) is 16.3 Å². The molecule has 2 atom stereocenters. The Balaban J connectivity index is 1.31. The largest absolute Gasteiger partial charge is 0.436 e. The fraction of sp³-hybridized carbons (Fsp3) is 0.250. The summed E-state index contributed by atoms with van der Waals surface area (Å²) in [5.74, 6) is -1.38. The lowest BCUT2D eigenvalue weighted by Crippen LogP contribution is -2.39. The van der Waals surface area contributed by atoms with Crippen molar-refractivity contribution in [1.82, 2.24) is 34.8 Å². The Morgan fingerprint density at radius 1 is 1.20 bits per heavy atom. The second kappa shape index (κ2) is 9.52. The maximum atomic E-state index is 15.4. The highest BCUT2D eigenvalue weighted by Crippen LogP contribution is 2.44. The number of nitrogens with zero attached hydrogens (tertiary/aromatic N) is 6. The summed E-state index contributed by atoms with van der Waals surface area (Å²) < 4.78 is 55.6. The van der Waals surface area contributed by atoms with Crippen molar-refractivity contribution in [1.29, 1.82) is 0 Å². The van der Waals surface area contributed by atoms with Gasteiger partial charge in [-0.1, -0.05) is 16.8 Å². The van der Waals surface area contributed by atoms with Crippen LogP contribution in [0.3, 0.4) is 0 Å². The van der Waals surface area contributed by atoms with Gasteiger partial charge >= 0.3 is 6.18 Å². The van der Waals surface area contributed by atoms with Crippen LogP contribution < -0.4 is 5.73 Å². The number of rotatable bonds is 5. The molecule has 2 aliphatic heterocycles. The number of alkyl halides is 3. The third-order valence-electron chi connectivity index (χ3n) is 6.83. The van der Waals surface area contributed by atoms with E-state index in [1.807, 2.05) is 0 Å². The average Bonchev–Trinajstić information content (AvgIpc) is 3.70. The van der Waals surface area contributed by atoms with E-state index in [0.717, 1.165) is 16.0 Å². The number of fused-ring (bicyclic) bond motifs is 1. The van der Waals surface area contributed by atoms with Crippen LogP contribution in [0, 0.1) is 5.82 Å². The van der Waals surface area contributed by atoms with Crippen molar-refractivity contribution in [2.75, 3.05) is 0 Å². The molecule has 206 valence electrons. The molecule has 1 aromatic carbocycles. The van der Waals surface area contributed by atoms with Gasteiger partial charge in [-0.05, 0) is 37.0 Å². The summed E-state index contributed by atoms with van der Waals surface area (Å²) in [4.78, 5) is 38.7. The van der Waals surface area contributed by atoms with Crippen LogP contribution in [-0.2, 0) is 11.0 Å². The second-order valence-electron chi connectivity index (χ2n) is 9.24. The van der Waals surface area contributed by atoms with E-state index in [0.29, 0.717) is 35.4 Å². The normalized spacial score (nSPS) is 19.2. The Bertz CT molecular complexity index is 1690. The highest BCUT2D eigenvalue weighted by atomic mass is 35.5. The summed E-state index contributed by atoms with van der Waals surface area (Å²) in [6.45, 7) is 0. The summed E-state index contributed by atoms with van der Waals surface area (Å²) >= 11 is 7.14. The predicted octanol–water partition coefficient (Wildman–Crippen LogP) is 4.54. The van der Waals surface area contributed by atoms with E-state index >= 15 is 4.39 Å². The van der Waals surface area contributed by atoms with Crippen LogP contribution >= 0.6 is 22.9 Å². The van der Waals surface area contributed by atoms with E-state index in [9.17, 15) is 22.8 Å². The fourth-order valence-electron chi connectivity index (χ4n) is 5.09. The van der Waals surface area contributed by atoms with Crippen molar-refractivity contribution < 1.29 is 27.2 Å². The van der Waals surface area contributed by atoms with Gasteiger partial charge in [-0.3, -0.25) is 9.59 Å². The molecule has 0 spiro atoms. The Morgan fingerprint density at radius 3 is 2.70 bits per heavy atom. The third-order valence-corrected chi connectivity index (χ3v) is 8.16. The molecule has 2 amide bonds. The Morgan fingerprint density at radius 2 is 2.00 bits per heavy atom. The number of benzene rings is 1. The molecule has 0 radical (unpaired) electrons. The van der Waals surface area contributed by atoms with Gasteiger partial charge in [0.05, 0.1) is 39.7 Å². The Kier molecular flexibility index (Phi) is 6.22. The first-order chi connectivity index (χ1) is 19.0. The first-order valence-electron chi connectivity index (χ1n) is 11.8. The van der Waals surface area contributed by atoms with Gasteiger partial charge in [0.1, 0.15) is 5.82 Å². The van der Waals surface area contributed by atoms with Gasteiger partial charge in [-0.15, -0.1) is 16.4 Å². The lowest BCUT2D eigenvalue weighted by molar-refractivity contribution is -0.141. The smallest absolute Gasteiger partial charge is 0.364 e. The molecule has 1 saturated heterocycles. The number of H-pyrrole nitrogens is 1. The first kappa shape index (κ1) is 26.1. The molecule has 0 saturated carbocycles. The van der Waals surface area contributed by atoms with Crippen LogP contribution in [0.15, 0.2) is 36.8 Å². The summed E-state index contributed by atoms with van der Waals surface area (Å²) in [7, 11) is 0. The van der Waals surface area contributed by atoms with E-state index in [1.54, 1.807) is 11.1 Å². The second-order valence-corrected chi connectivity index (χ2v) is 10.7. The van der Waals surface area contributed by atoms with Gasteiger partial charge in [0.25, 0.3) is 5.91 Å². The lowest BCUT2D eigenvalue weighted by atomic mass is 9.92. The maximum Gasteiger partial charge on any atom is 0.436 e. The molecule has 6 rings (SSSR count). The average molecular weight is 593 g/mol. The predicted molar refractivity (Wildman–Crippen MR) is 135 cm³/mol. The minimum absolute atomic E-state index is 0.0255. The zero-order chi connectivity index (χ0) is 28.3. The van der Waals surface area contributed by atoms with Gasteiger partial charge in [0, 0.05) is 23.9 Å². The van der Waals surface area contributed by atoms with Crippen molar-refractivity contribution in [3.63, 3.8) is 0 Å². The van der Waals surface area contributed by atoms with E-state index in [4.69, 9.17) is 17.3 Å². The highest BCUT2D eigenvalue weighted by Gasteiger charge is 2.42. The van der Waals surface area contributed by atoms with Crippen LogP contribution in [0.25, 0.3) is 21.8 Å². The number of hydrogen-bond acceptors (Lipinski definition) is 7. The first-order valence-corrected chi connectivity index (χ1v) is 13.0. The molecule has 3 N–H and O–H groups in total. The van der Waals surface area contributed by atoms with Crippen LogP contribution in [-0.4, -0.2) is 52.7 Å². The third kappa shape index (κ3) is 4.44. The standard InChI is InChI=1S/C24H17ClF4N8O2S/c25-12-2-4-14(36-9-17(34-35-36)24(27,28)29)19(20(12)26)10-5-11-1-3-15(37(11)18(38)6-10)22-31-7-13(33-22)16-8-32-23(40-16)21(30)39/h2,4,6-9,11,15H,1,3,5H2,(H2,30,39)(H,31,33)/t11-,15+/m1/s1. The SMILES string of the molecule is NC(=O)c1ncc(-c2cnc([C@@H]3CC[C@@H]4CC(c5c(-n6cc(C(F)(F)F)nn6)ccc(Cl)c5F)=CC(=O)N43)[nH]2)s1. The van der Waals surface area contributed by atoms with Gasteiger partial charge in [-0.25, -0.2) is 19.0 Å². The van der Waals surface area contributed by atoms with Crippen LogP contribution in [0.4, 0.5) is 17.6 Å². The molecule has 0 unspecified atom stereocenters. The minimum atomic E-state index is -4.74. The van der Waals surface area contributed by atoms with Crippen molar-refractivity contribution in [2.45, 2.75) is 37.5 Å². The number of amides is 2. The van der Waals surface area contributed by atoms with Gasteiger partial charge < -0.3 is 15.6 Å². The van der Waals surface area contributed by atoms with Crippen molar-refractivity contribution in [2.24, 2.45) is 5.73 Å². The number of hydrogen-bond donors (Lipinski definition) is 2. The van der Waals surface area contributed by atoms with Crippen molar-refractivity contribution >= 4 is 40.3 Å². The lowest BCUT2D eigenvalue weighted by Gasteiger charge is -2.33. The van der Waals surface area contributed by atoms with Crippen molar-refractivity contribution in [3.05, 3.63) is 69.7 Å². The summed E-state index contributed by atoms with van der Waals surface area (Å²) in [6, 6.07) is 1.83. The molecule has 16 heteroatoms. The number of nitrogens with two attached hydrogens (primary N) is 1. The van der Waals surface area contributed by atoms with Gasteiger partial charge in [0.2, 0.25) is 5.91 Å². The van der Waals surface area contributed by atoms with E-state index in [1.165, 1.54) is 24.4 Å². The number of aromatic nitrogens is 6. The topological polar surface area (TPSA) is 136 Å². The molecule has 2 aliphatic rings. The summed E-state index contributed by atoms with van der Waals surface area (Å²) in [5, 5.41) is 6.58. The molecular weight excluding hydrogens is 576 g/mol. The number of halogens is 5.